The Morgan fingerprint density at radius 1 is 0.967 bits per heavy atom. The van der Waals surface area contributed by atoms with Gasteiger partial charge in [0.2, 0.25) is 0 Å². The third-order valence-electron chi connectivity index (χ3n) is 6.30. The maximum Gasteiger partial charge on any atom is 0.162 e. The summed E-state index contributed by atoms with van der Waals surface area (Å²) in [5, 5.41) is 5.95. The van der Waals surface area contributed by atoms with Gasteiger partial charge in [-0.3, -0.25) is 9.78 Å². The molecule has 0 spiro atoms. The second kappa shape index (κ2) is 6.70. The predicted molar refractivity (Wildman–Crippen MR) is 116 cm³/mol. The normalized spacial score (nSPS) is 20.6. The second-order valence-electron chi connectivity index (χ2n) is 8.03. The van der Waals surface area contributed by atoms with E-state index >= 15 is 0 Å². The highest BCUT2D eigenvalue weighted by molar-refractivity contribution is 6.04. The summed E-state index contributed by atoms with van der Waals surface area (Å²) in [6.45, 7) is 0. The Morgan fingerprint density at radius 2 is 1.90 bits per heavy atom. The lowest BCUT2D eigenvalue weighted by Gasteiger charge is -2.36. The zero-order valence-corrected chi connectivity index (χ0v) is 16.3. The fourth-order valence-corrected chi connectivity index (χ4v) is 5.01. The number of nitrogens with zero attached hydrogens (tertiary/aromatic N) is 1. The average Bonchev–Trinajstić information content (AvgIpc) is 3.33. The van der Waals surface area contributed by atoms with Crippen molar-refractivity contribution in [3.63, 3.8) is 0 Å². The number of carbonyl (C=O) groups excluding carboxylic acids is 1. The summed E-state index contributed by atoms with van der Waals surface area (Å²) in [6.07, 6.45) is 6.57. The first kappa shape index (κ1) is 17.2. The minimum atomic E-state index is -0.124. The van der Waals surface area contributed by atoms with Crippen molar-refractivity contribution in [2.45, 2.75) is 24.7 Å². The van der Waals surface area contributed by atoms with Gasteiger partial charge in [-0.2, -0.15) is 0 Å². The minimum Gasteiger partial charge on any atom is -0.469 e. The van der Waals surface area contributed by atoms with E-state index in [2.05, 4.69) is 52.8 Å². The van der Waals surface area contributed by atoms with E-state index in [-0.39, 0.29) is 17.6 Å². The number of carbonyl (C=O) groups is 1. The number of furan rings is 1. The van der Waals surface area contributed by atoms with Gasteiger partial charge >= 0.3 is 0 Å². The molecule has 2 atom stereocenters. The smallest absolute Gasteiger partial charge is 0.162 e. The molecule has 0 amide bonds. The first-order valence-corrected chi connectivity index (χ1v) is 10.3. The first-order chi connectivity index (χ1) is 14.8. The third-order valence-corrected chi connectivity index (χ3v) is 6.30. The number of aromatic nitrogens is 1. The SMILES string of the molecule is O=C1C[C@H](c2ccco2)CC2=C1[C@H](c1cccnc1)c1c(ccc3ccccc13)N2. The van der Waals surface area contributed by atoms with E-state index in [1.54, 1.807) is 12.5 Å². The molecule has 4 aromatic rings. The summed E-state index contributed by atoms with van der Waals surface area (Å²) in [5.41, 5.74) is 5.15. The third kappa shape index (κ3) is 2.61. The highest BCUT2D eigenvalue weighted by Crippen LogP contribution is 2.49. The Morgan fingerprint density at radius 3 is 2.73 bits per heavy atom. The molecule has 6 rings (SSSR count). The summed E-state index contributed by atoms with van der Waals surface area (Å²) in [5.74, 6) is 0.993. The Bertz CT molecular complexity index is 1290. The molecular formula is C26H20N2O2. The fraction of sp³-hybridized carbons (Fsp3) is 0.154. The van der Waals surface area contributed by atoms with Gasteiger partial charge in [0.25, 0.3) is 0 Å². The number of Topliss-reactive ketones (excluding diaryl/α,β-unsaturated/α-hetero) is 1. The average molecular weight is 392 g/mol. The van der Waals surface area contributed by atoms with E-state index in [9.17, 15) is 4.79 Å². The van der Waals surface area contributed by atoms with E-state index in [0.29, 0.717) is 6.42 Å². The van der Waals surface area contributed by atoms with Crippen molar-refractivity contribution in [3.05, 3.63) is 107 Å². The van der Waals surface area contributed by atoms with Crippen LogP contribution < -0.4 is 5.32 Å². The number of hydrogen-bond acceptors (Lipinski definition) is 4. The van der Waals surface area contributed by atoms with E-state index in [1.807, 2.05) is 24.4 Å². The number of ketones is 1. The molecule has 0 fully saturated rings. The number of allylic oxidation sites excluding steroid dienone is 2. The van der Waals surface area contributed by atoms with Crippen molar-refractivity contribution >= 4 is 22.2 Å². The number of anilines is 1. The molecule has 0 saturated carbocycles. The molecule has 30 heavy (non-hydrogen) atoms. The topological polar surface area (TPSA) is 55.1 Å². The van der Waals surface area contributed by atoms with E-state index in [4.69, 9.17) is 4.42 Å². The number of hydrogen-bond donors (Lipinski definition) is 1. The number of benzene rings is 2. The van der Waals surface area contributed by atoms with Crippen molar-refractivity contribution in [3.8, 4) is 0 Å². The van der Waals surface area contributed by atoms with Crippen LogP contribution in [0.25, 0.3) is 10.8 Å². The maximum absolute atomic E-state index is 13.5. The zero-order chi connectivity index (χ0) is 20.1. The van der Waals surface area contributed by atoms with Crippen LogP contribution >= 0.6 is 0 Å². The van der Waals surface area contributed by atoms with Crippen LogP contribution in [0, 0.1) is 0 Å². The number of pyridine rings is 1. The van der Waals surface area contributed by atoms with Crippen molar-refractivity contribution in [2.75, 3.05) is 5.32 Å². The molecule has 1 aliphatic carbocycles. The molecule has 2 aromatic heterocycles. The summed E-state index contributed by atoms with van der Waals surface area (Å²) in [7, 11) is 0. The Kier molecular flexibility index (Phi) is 3.85. The van der Waals surface area contributed by atoms with Gasteiger partial charge in [0.15, 0.2) is 5.78 Å². The fourth-order valence-electron chi connectivity index (χ4n) is 5.01. The summed E-state index contributed by atoms with van der Waals surface area (Å²) in [4.78, 5) is 17.9. The van der Waals surface area contributed by atoms with Gasteiger partial charge in [0, 0.05) is 47.6 Å². The minimum absolute atomic E-state index is 0.0651. The quantitative estimate of drug-likeness (QED) is 0.469. The Hall–Kier alpha value is -3.66. The van der Waals surface area contributed by atoms with Gasteiger partial charge in [0.1, 0.15) is 5.76 Å². The van der Waals surface area contributed by atoms with Crippen LogP contribution in [-0.4, -0.2) is 10.8 Å². The highest BCUT2D eigenvalue weighted by atomic mass is 16.3. The molecule has 0 bridgehead atoms. The summed E-state index contributed by atoms with van der Waals surface area (Å²) in [6, 6.07) is 20.5. The second-order valence-corrected chi connectivity index (χ2v) is 8.03. The van der Waals surface area contributed by atoms with Gasteiger partial charge in [-0.15, -0.1) is 0 Å². The standard InChI is InChI=1S/C26H20N2O2/c29-22-14-18(23-8-4-12-30-23)13-21-26(22)24(17-6-3-11-27-15-17)25-19-7-2-1-5-16(19)9-10-20(25)28-21/h1-12,15,18,24,28H,13-14H2/t18-,24-/m1/s1. The summed E-state index contributed by atoms with van der Waals surface area (Å²) >= 11 is 0. The van der Waals surface area contributed by atoms with Crippen molar-refractivity contribution < 1.29 is 9.21 Å². The van der Waals surface area contributed by atoms with Crippen LogP contribution in [0.4, 0.5) is 5.69 Å². The molecule has 3 heterocycles. The number of fused-ring (bicyclic) bond motifs is 3. The van der Waals surface area contributed by atoms with Crippen LogP contribution in [0.2, 0.25) is 0 Å². The Labute approximate surface area is 174 Å². The van der Waals surface area contributed by atoms with Gasteiger partial charge < -0.3 is 9.73 Å². The maximum atomic E-state index is 13.5. The molecule has 4 heteroatoms. The molecule has 2 aromatic carbocycles. The van der Waals surface area contributed by atoms with E-state index in [1.165, 1.54) is 10.8 Å². The predicted octanol–water partition coefficient (Wildman–Crippen LogP) is 5.79. The molecule has 0 radical (unpaired) electrons. The van der Waals surface area contributed by atoms with Crippen LogP contribution in [0.1, 0.15) is 41.6 Å². The van der Waals surface area contributed by atoms with E-state index < -0.39 is 0 Å². The molecule has 0 unspecified atom stereocenters. The van der Waals surface area contributed by atoms with Gasteiger partial charge in [-0.1, -0.05) is 36.4 Å². The van der Waals surface area contributed by atoms with Gasteiger partial charge in [-0.05, 0) is 52.6 Å². The lowest BCUT2D eigenvalue weighted by molar-refractivity contribution is -0.116. The van der Waals surface area contributed by atoms with Crippen molar-refractivity contribution in [1.29, 1.82) is 0 Å². The lowest BCUT2D eigenvalue weighted by Crippen LogP contribution is -2.29. The number of rotatable bonds is 2. The van der Waals surface area contributed by atoms with Crippen molar-refractivity contribution in [2.24, 2.45) is 0 Å². The molecule has 4 nitrogen and oxygen atoms in total. The van der Waals surface area contributed by atoms with Crippen LogP contribution in [0.15, 0.2) is 95.0 Å². The highest BCUT2D eigenvalue weighted by Gasteiger charge is 2.39. The van der Waals surface area contributed by atoms with Gasteiger partial charge in [-0.25, -0.2) is 0 Å². The van der Waals surface area contributed by atoms with Gasteiger partial charge in [0.05, 0.1) is 6.26 Å². The monoisotopic (exact) mass is 392 g/mol. The van der Waals surface area contributed by atoms with Crippen LogP contribution in [0.5, 0.6) is 0 Å². The molecule has 2 aliphatic rings. The molecule has 1 N–H and O–H groups in total. The van der Waals surface area contributed by atoms with E-state index in [0.717, 1.165) is 40.3 Å². The molecule has 0 saturated heterocycles. The van der Waals surface area contributed by atoms with Crippen molar-refractivity contribution in [1.82, 2.24) is 4.98 Å². The van der Waals surface area contributed by atoms with Crippen LogP contribution in [0.3, 0.4) is 0 Å². The number of nitrogens with one attached hydrogen (secondary N) is 1. The zero-order valence-electron chi connectivity index (χ0n) is 16.3. The lowest BCUT2D eigenvalue weighted by atomic mass is 9.72. The molecule has 146 valence electrons. The molecular weight excluding hydrogens is 372 g/mol. The largest absolute Gasteiger partial charge is 0.469 e. The summed E-state index contributed by atoms with van der Waals surface area (Å²) < 4.78 is 5.63. The van der Waals surface area contributed by atoms with Crippen LogP contribution in [-0.2, 0) is 4.79 Å². The molecule has 1 aliphatic heterocycles. The first-order valence-electron chi connectivity index (χ1n) is 10.3. The Balaban J connectivity index is 1.57.